The molecule has 0 atom stereocenters. The first-order chi connectivity index (χ1) is 4.86. The van der Waals surface area contributed by atoms with Crippen LogP contribution in [-0.2, 0) is 0 Å². The van der Waals surface area contributed by atoms with Crippen LogP contribution in [-0.4, -0.2) is 15.3 Å². The maximum atomic E-state index is 4.16. The van der Waals surface area contributed by atoms with E-state index in [4.69, 9.17) is 0 Å². The molecule has 0 amide bonds. The largest absolute Gasteiger partial charge is 0.325 e. The number of nitrogens with zero attached hydrogens (tertiary/aromatic N) is 3. The van der Waals surface area contributed by atoms with Gasteiger partial charge in [0.2, 0.25) is 6.33 Å². The van der Waals surface area contributed by atoms with Gasteiger partial charge in [-0.25, -0.2) is 0 Å². The minimum absolute atomic E-state index is 0.839. The van der Waals surface area contributed by atoms with Crippen molar-refractivity contribution in [2.24, 2.45) is 0 Å². The molecule has 0 aromatic carbocycles. The summed E-state index contributed by atoms with van der Waals surface area (Å²) in [6, 6.07) is 3.84. The SMILES string of the molecule is Cc1ccc2n[nH]c[n+]2n1. The van der Waals surface area contributed by atoms with E-state index in [9.17, 15) is 0 Å². The summed E-state index contributed by atoms with van der Waals surface area (Å²) in [7, 11) is 0. The smallest absolute Gasteiger partial charge is 0.125 e. The minimum atomic E-state index is 0.839. The third-order valence-corrected chi connectivity index (χ3v) is 1.33. The third kappa shape index (κ3) is 0.655. The Morgan fingerprint density at radius 3 is 3.30 bits per heavy atom. The van der Waals surface area contributed by atoms with Gasteiger partial charge in [-0.3, -0.25) is 0 Å². The Labute approximate surface area is 57.5 Å². The average molecular weight is 135 g/mol. The molecule has 0 saturated carbocycles. The molecule has 2 rings (SSSR count). The Kier molecular flexibility index (Phi) is 0.943. The lowest BCUT2D eigenvalue weighted by Crippen LogP contribution is -2.24. The first-order valence-electron chi connectivity index (χ1n) is 3.05. The van der Waals surface area contributed by atoms with Crippen molar-refractivity contribution in [3.63, 3.8) is 0 Å². The molecule has 0 spiro atoms. The highest BCUT2D eigenvalue weighted by atomic mass is 15.3. The lowest BCUT2D eigenvalue weighted by molar-refractivity contribution is -0.581. The normalized spacial score (nSPS) is 10.5. The Morgan fingerprint density at radius 1 is 1.50 bits per heavy atom. The first-order valence-corrected chi connectivity index (χ1v) is 3.05. The van der Waals surface area contributed by atoms with E-state index >= 15 is 0 Å². The van der Waals surface area contributed by atoms with Crippen molar-refractivity contribution in [2.45, 2.75) is 6.92 Å². The molecule has 50 valence electrons. The lowest BCUT2D eigenvalue weighted by atomic mass is 10.4. The highest BCUT2D eigenvalue weighted by Crippen LogP contribution is 1.89. The number of aromatic amines is 1. The van der Waals surface area contributed by atoms with Gasteiger partial charge in [-0.1, -0.05) is 0 Å². The van der Waals surface area contributed by atoms with E-state index in [1.54, 1.807) is 10.8 Å². The van der Waals surface area contributed by atoms with Crippen molar-refractivity contribution in [1.82, 2.24) is 15.3 Å². The molecule has 1 N–H and O–H groups in total. The van der Waals surface area contributed by atoms with Gasteiger partial charge in [0.05, 0.1) is 5.69 Å². The van der Waals surface area contributed by atoms with E-state index in [0.717, 1.165) is 11.3 Å². The Hall–Kier alpha value is -1.45. The molecular weight excluding hydrogens is 128 g/mol. The Morgan fingerprint density at radius 2 is 2.40 bits per heavy atom. The van der Waals surface area contributed by atoms with Gasteiger partial charge in [0, 0.05) is 11.2 Å². The number of H-pyrrole nitrogens is 1. The summed E-state index contributed by atoms with van der Waals surface area (Å²) < 4.78 is 1.70. The van der Waals surface area contributed by atoms with Crippen LogP contribution in [0.4, 0.5) is 0 Å². The van der Waals surface area contributed by atoms with Crippen LogP contribution < -0.4 is 4.52 Å². The van der Waals surface area contributed by atoms with Crippen LogP contribution >= 0.6 is 0 Å². The molecule has 0 bridgehead atoms. The van der Waals surface area contributed by atoms with E-state index in [-0.39, 0.29) is 0 Å². The van der Waals surface area contributed by atoms with Crippen LogP contribution in [0.1, 0.15) is 5.69 Å². The van der Waals surface area contributed by atoms with E-state index in [1.807, 2.05) is 19.1 Å². The van der Waals surface area contributed by atoms with Crippen LogP contribution in [0.25, 0.3) is 5.65 Å². The number of nitrogens with one attached hydrogen (secondary N) is 1. The molecule has 0 unspecified atom stereocenters. The molecule has 0 aliphatic carbocycles. The van der Waals surface area contributed by atoms with Gasteiger partial charge in [-0.2, -0.15) is 0 Å². The van der Waals surface area contributed by atoms with E-state index in [0.29, 0.717) is 0 Å². The zero-order valence-corrected chi connectivity index (χ0v) is 5.57. The van der Waals surface area contributed by atoms with E-state index < -0.39 is 0 Å². The van der Waals surface area contributed by atoms with Crippen LogP contribution in [0.2, 0.25) is 0 Å². The maximum Gasteiger partial charge on any atom is 0.325 e. The first kappa shape index (κ1) is 5.34. The molecule has 0 saturated heterocycles. The lowest BCUT2D eigenvalue weighted by Gasteiger charge is -1.84. The number of rotatable bonds is 0. The summed E-state index contributed by atoms with van der Waals surface area (Å²) in [5.74, 6) is 0. The maximum absolute atomic E-state index is 4.16. The fourth-order valence-electron chi connectivity index (χ4n) is 0.859. The minimum Gasteiger partial charge on any atom is -0.125 e. The topological polar surface area (TPSA) is 45.7 Å². The molecule has 0 aliphatic rings. The Bertz CT molecular complexity index is 351. The second kappa shape index (κ2) is 1.76. The molecule has 0 radical (unpaired) electrons. The quantitative estimate of drug-likeness (QED) is 0.511. The van der Waals surface area contributed by atoms with Crippen molar-refractivity contribution in [1.29, 1.82) is 0 Å². The second-order valence-corrected chi connectivity index (χ2v) is 2.15. The molecule has 4 nitrogen and oxygen atoms in total. The fourth-order valence-corrected chi connectivity index (χ4v) is 0.859. The van der Waals surface area contributed by atoms with Gasteiger partial charge in [-0.05, 0) is 13.0 Å². The summed E-state index contributed by atoms with van der Waals surface area (Å²) in [4.78, 5) is 0. The number of fused-ring (bicyclic) bond motifs is 1. The van der Waals surface area contributed by atoms with Crippen molar-refractivity contribution >= 4 is 5.65 Å². The molecule has 0 fully saturated rings. The van der Waals surface area contributed by atoms with Crippen LogP contribution in [0.3, 0.4) is 0 Å². The van der Waals surface area contributed by atoms with Crippen LogP contribution in [0.5, 0.6) is 0 Å². The van der Waals surface area contributed by atoms with Gasteiger partial charge < -0.3 is 0 Å². The van der Waals surface area contributed by atoms with Crippen molar-refractivity contribution < 1.29 is 4.52 Å². The molecule has 4 heteroatoms. The number of hydrogen-bond acceptors (Lipinski definition) is 2. The van der Waals surface area contributed by atoms with Crippen LogP contribution in [0.15, 0.2) is 18.5 Å². The standard InChI is InChI=1S/C6H6N4/c1-5-2-3-6-8-7-4-10(6)9-5/h2-4H,1H3/p+1. The second-order valence-electron chi connectivity index (χ2n) is 2.15. The van der Waals surface area contributed by atoms with Gasteiger partial charge in [0.15, 0.2) is 0 Å². The summed E-state index contributed by atoms with van der Waals surface area (Å²) >= 11 is 0. The van der Waals surface area contributed by atoms with Crippen molar-refractivity contribution in [3.05, 3.63) is 24.2 Å². The summed E-state index contributed by atoms with van der Waals surface area (Å²) in [5, 5.41) is 10.8. The van der Waals surface area contributed by atoms with Crippen molar-refractivity contribution in [2.75, 3.05) is 0 Å². The predicted octanol–water partition coefficient (Wildman–Crippen LogP) is -0.148. The molecule has 2 aromatic heterocycles. The Balaban J connectivity index is 2.86. The summed E-state index contributed by atoms with van der Waals surface area (Å²) in [6.45, 7) is 1.94. The van der Waals surface area contributed by atoms with E-state index in [2.05, 4.69) is 15.3 Å². The van der Waals surface area contributed by atoms with Gasteiger partial charge >= 0.3 is 5.65 Å². The molecule has 2 aromatic rings. The molecule has 10 heavy (non-hydrogen) atoms. The summed E-state index contributed by atoms with van der Waals surface area (Å²) in [5.41, 5.74) is 1.82. The highest BCUT2D eigenvalue weighted by molar-refractivity contribution is 5.25. The summed E-state index contributed by atoms with van der Waals surface area (Å²) in [6.07, 6.45) is 1.71. The number of hydrogen-bond donors (Lipinski definition) is 1. The van der Waals surface area contributed by atoms with Gasteiger partial charge in [0.1, 0.15) is 0 Å². The molecular formula is C6H7N4+. The van der Waals surface area contributed by atoms with Crippen LogP contribution in [0, 0.1) is 6.92 Å². The monoisotopic (exact) mass is 135 g/mol. The zero-order valence-electron chi connectivity index (χ0n) is 5.57. The average Bonchev–Trinajstić information content (AvgIpc) is 2.33. The predicted molar refractivity (Wildman–Crippen MR) is 34.3 cm³/mol. The number of aromatic nitrogens is 4. The van der Waals surface area contributed by atoms with Crippen molar-refractivity contribution in [3.8, 4) is 0 Å². The van der Waals surface area contributed by atoms with Gasteiger partial charge in [-0.15, -0.1) is 14.7 Å². The third-order valence-electron chi connectivity index (χ3n) is 1.33. The molecule has 2 heterocycles. The van der Waals surface area contributed by atoms with Gasteiger partial charge in [0.25, 0.3) is 0 Å². The van der Waals surface area contributed by atoms with E-state index in [1.165, 1.54) is 0 Å². The molecule has 0 aliphatic heterocycles. The fraction of sp³-hybridized carbons (Fsp3) is 0.167. The highest BCUT2D eigenvalue weighted by Gasteiger charge is 2.01. The zero-order chi connectivity index (χ0) is 6.97. The number of aryl methyl sites for hydroxylation is 1.